The van der Waals surface area contributed by atoms with Crippen molar-refractivity contribution in [3.05, 3.63) is 0 Å². The standard InChI is InChI=1S/C20H39N3O2/c1-3-4-5-6-7-8-9-14-23-16-18(21-17(2)24)15-19(23)20(25)22-12-10-11-13-22/h18-20,25H,3-16H2,1-2H3,(H,21,24). The molecule has 2 rings (SSSR count). The van der Waals surface area contributed by atoms with Crippen molar-refractivity contribution in [2.45, 2.75) is 96.4 Å². The molecule has 0 saturated carbocycles. The van der Waals surface area contributed by atoms with Crippen LogP contribution < -0.4 is 5.32 Å². The monoisotopic (exact) mass is 353 g/mol. The van der Waals surface area contributed by atoms with Crippen molar-refractivity contribution in [1.82, 2.24) is 15.1 Å². The van der Waals surface area contributed by atoms with Crippen molar-refractivity contribution in [3.8, 4) is 0 Å². The van der Waals surface area contributed by atoms with Crippen LogP contribution in [0.4, 0.5) is 0 Å². The van der Waals surface area contributed by atoms with Crippen LogP contribution in [-0.4, -0.2) is 65.3 Å². The first-order chi connectivity index (χ1) is 12.1. The van der Waals surface area contributed by atoms with Crippen LogP contribution >= 0.6 is 0 Å². The molecule has 2 heterocycles. The summed E-state index contributed by atoms with van der Waals surface area (Å²) in [6, 6.07) is 0.347. The van der Waals surface area contributed by atoms with E-state index in [4.69, 9.17) is 0 Å². The molecule has 0 aromatic rings. The van der Waals surface area contributed by atoms with Crippen LogP contribution in [0.1, 0.15) is 78.1 Å². The number of nitrogens with zero attached hydrogens (tertiary/aromatic N) is 2. The van der Waals surface area contributed by atoms with E-state index >= 15 is 0 Å². The summed E-state index contributed by atoms with van der Waals surface area (Å²) in [6.45, 7) is 7.78. The Morgan fingerprint density at radius 3 is 2.40 bits per heavy atom. The number of hydrogen-bond donors (Lipinski definition) is 2. The fourth-order valence-electron chi connectivity index (χ4n) is 4.41. The molecular weight excluding hydrogens is 314 g/mol. The Hall–Kier alpha value is -0.650. The van der Waals surface area contributed by atoms with Gasteiger partial charge in [0.15, 0.2) is 0 Å². The van der Waals surface area contributed by atoms with Crippen molar-refractivity contribution in [3.63, 3.8) is 0 Å². The zero-order valence-corrected chi connectivity index (χ0v) is 16.4. The van der Waals surface area contributed by atoms with Gasteiger partial charge in [-0.3, -0.25) is 14.6 Å². The van der Waals surface area contributed by atoms with E-state index in [0.717, 1.165) is 32.6 Å². The van der Waals surface area contributed by atoms with Gasteiger partial charge in [0.05, 0.1) is 6.04 Å². The van der Waals surface area contributed by atoms with Gasteiger partial charge in [-0.15, -0.1) is 0 Å². The normalized spacial score (nSPS) is 26.2. The summed E-state index contributed by atoms with van der Waals surface area (Å²) < 4.78 is 0. The smallest absolute Gasteiger partial charge is 0.217 e. The third-order valence-corrected chi connectivity index (χ3v) is 5.77. The van der Waals surface area contributed by atoms with E-state index < -0.39 is 0 Å². The van der Waals surface area contributed by atoms with Gasteiger partial charge < -0.3 is 10.4 Å². The van der Waals surface area contributed by atoms with Crippen LogP contribution in [0.3, 0.4) is 0 Å². The van der Waals surface area contributed by atoms with Gasteiger partial charge in [-0.25, -0.2) is 0 Å². The quantitative estimate of drug-likeness (QED) is 0.561. The van der Waals surface area contributed by atoms with Gasteiger partial charge >= 0.3 is 0 Å². The number of likely N-dealkylation sites (tertiary alicyclic amines) is 2. The molecule has 2 N–H and O–H groups in total. The minimum atomic E-state index is -0.384. The zero-order chi connectivity index (χ0) is 18.1. The first kappa shape index (κ1) is 20.7. The van der Waals surface area contributed by atoms with E-state index in [1.165, 1.54) is 57.8 Å². The van der Waals surface area contributed by atoms with Gasteiger partial charge in [0.1, 0.15) is 6.23 Å². The number of aliphatic hydroxyl groups excluding tert-OH is 1. The van der Waals surface area contributed by atoms with Crippen LogP contribution in [0.2, 0.25) is 0 Å². The second-order valence-corrected chi connectivity index (χ2v) is 7.97. The highest BCUT2D eigenvalue weighted by atomic mass is 16.3. The molecule has 0 spiro atoms. The number of hydrogen-bond acceptors (Lipinski definition) is 4. The van der Waals surface area contributed by atoms with E-state index in [1.807, 2.05) is 0 Å². The van der Waals surface area contributed by atoms with Crippen molar-refractivity contribution < 1.29 is 9.90 Å². The maximum Gasteiger partial charge on any atom is 0.217 e. The number of carbonyl (C=O) groups is 1. The van der Waals surface area contributed by atoms with Crippen LogP contribution in [0.5, 0.6) is 0 Å². The van der Waals surface area contributed by atoms with Crippen molar-refractivity contribution in [2.24, 2.45) is 0 Å². The number of aliphatic hydroxyl groups is 1. The molecule has 0 aromatic carbocycles. The van der Waals surface area contributed by atoms with E-state index in [0.29, 0.717) is 0 Å². The van der Waals surface area contributed by atoms with Crippen LogP contribution in [0, 0.1) is 0 Å². The molecule has 25 heavy (non-hydrogen) atoms. The van der Waals surface area contributed by atoms with Gasteiger partial charge in [0, 0.05) is 32.6 Å². The van der Waals surface area contributed by atoms with Crippen molar-refractivity contribution >= 4 is 5.91 Å². The number of nitrogens with one attached hydrogen (secondary N) is 1. The summed E-state index contributed by atoms with van der Waals surface area (Å²) in [6.07, 6.45) is 12.0. The average Bonchev–Trinajstić information content (AvgIpc) is 3.23. The molecule has 3 unspecified atom stereocenters. The van der Waals surface area contributed by atoms with Gasteiger partial charge in [0.25, 0.3) is 0 Å². The van der Waals surface area contributed by atoms with E-state index in [1.54, 1.807) is 6.92 Å². The summed E-state index contributed by atoms with van der Waals surface area (Å²) in [4.78, 5) is 16.1. The molecule has 0 bridgehead atoms. The summed E-state index contributed by atoms with van der Waals surface area (Å²) in [5.41, 5.74) is 0. The second kappa shape index (κ2) is 11.1. The van der Waals surface area contributed by atoms with Crippen LogP contribution in [0.15, 0.2) is 0 Å². The fourth-order valence-corrected chi connectivity index (χ4v) is 4.41. The molecule has 2 saturated heterocycles. The SMILES string of the molecule is CCCCCCCCCN1CC(NC(C)=O)CC1C(O)N1CCCC1. The van der Waals surface area contributed by atoms with Gasteiger partial charge in [0.2, 0.25) is 5.91 Å². The van der Waals surface area contributed by atoms with E-state index in [2.05, 4.69) is 22.0 Å². The fraction of sp³-hybridized carbons (Fsp3) is 0.950. The molecule has 0 aliphatic carbocycles. The minimum Gasteiger partial charge on any atom is -0.377 e. The molecular formula is C20H39N3O2. The molecule has 3 atom stereocenters. The van der Waals surface area contributed by atoms with Gasteiger partial charge in [-0.2, -0.15) is 0 Å². The summed E-state index contributed by atoms with van der Waals surface area (Å²) >= 11 is 0. The lowest BCUT2D eigenvalue weighted by molar-refractivity contribution is -0.119. The third kappa shape index (κ3) is 6.87. The minimum absolute atomic E-state index is 0.0391. The number of amides is 1. The lowest BCUT2D eigenvalue weighted by Crippen LogP contribution is -2.48. The first-order valence-electron chi connectivity index (χ1n) is 10.5. The molecule has 5 heteroatoms. The Morgan fingerprint density at radius 1 is 1.12 bits per heavy atom. The summed E-state index contributed by atoms with van der Waals surface area (Å²) in [5, 5.41) is 13.9. The molecule has 0 aromatic heterocycles. The summed E-state index contributed by atoms with van der Waals surface area (Å²) in [5.74, 6) is 0.0391. The Balaban J connectivity index is 1.78. The van der Waals surface area contributed by atoms with Gasteiger partial charge in [-0.05, 0) is 32.2 Å². The second-order valence-electron chi connectivity index (χ2n) is 7.97. The lowest BCUT2D eigenvalue weighted by Gasteiger charge is -2.33. The first-order valence-corrected chi connectivity index (χ1v) is 10.5. The summed E-state index contributed by atoms with van der Waals surface area (Å²) in [7, 11) is 0. The highest BCUT2D eigenvalue weighted by Crippen LogP contribution is 2.25. The predicted molar refractivity (Wildman–Crippen MR) is 102 cm³/mol. The molecule has 5 nitrogen and oxygen atoms in total. The lowest BCUT2D eigenvalue weighted by atomic mass is 10.1. The zero-order valence-electron chi connectivity index (χ0n) is 16.4. The maximum absolute atomic E-state index is 11.4. The van der Waals surface area contributed by atoms with Crippen LogP contribution in [-0.2, 0) is 4.79 Å². The highest BCUT2D eigenvalue weighted by molar-refractivity contribution is 5.73. The molecule has 146 valence electrons. The third-order valence-electron chi connectivity index (χ3n) is 5.77. The van der Waals surface area contributed by atoms with E-state index in [9.17, 15) is 9.90 Å². The largest absolute Gasteiger partial charge is 0.377 e. The number of carbonyl (C=O) groups excluding carboxylic acids is 1. The Kier molecular flexibility index (Phi) is 9.21. The molecule has 2 aliphatic heterocycles. The maximum atomic E-state index is 11.4. The Bertz CT molecular complexity index is 385. The van der Waals surface area contributed by atoms with Crippen molar-refractivity contribution in [2.75, 3.05) is 26.2 Å². The number of unbranched alkanes of at least 4 members (excludes halogenated alkanes) is 6. The van der Waals surface area contributed by atoms with Crippen LogP contribution in [0.25, 0.3) is 0 Å². The molecule has 1 amide bonds. The highest BCUT2D eigenvalue weighted by Gasteiger charge is 2.39. The van der Waals surface area contributed by atoms with Gasteiger partial charge in [-0.1, -0.05) is 45.4 Å². The van der Waals surface area contributed by atoms with E-state index in [-0.39, 0.29) is 24.2 Å². The topological polar surface area (TPSA) is 55.8 Å². The van der Waals surface area contributed by atoms with Crippen molar-refractivity contribution in [1.29, 1.82) is 0 Å². The molecule has 2 aliphatic rings. The molecule has 0 radical (unpaired) electrons. The number of rotatable bonds is 11. The average molecular weight is 354 g/mol. The molecule has 2 fully saturated rings. The Morgan fingerprint density at radius 2 is 1.76 bits per heavy atom. The predicted octanol–water partition coefficient (Wildman–Crippen LogP) is 2.73. The Labute approximate surface area is 154 Å².